The summed E-state index contributed by atoms with van der Waals surface area (Å²) in [6.07, 6.45) is 0. The molecule has 4 heteroatoms. The smallest absolute Gasteiger partial charge is 0.0688 e. The first-order chi connectivity index (χ1) is 6.25. The molecule has 78 valence electrons. The van der Waals surface area contributed by atoms with Crippen LogP contribution in [0.2, 0.25) is 15.1 Å². The van der Waals surface area contributed by atoms with Gasteiger partial charge in [-0.3, -0.25) is 0 Å². The van der Waals surface area contributed by atoms with E-state index in [0.29, 0.717) is 20.8 Å². The van der Waals surface area contributed by atoms with Crippen molar-refractivity contribution >= 4 is 40.5 Å². The van der Waals surface area contributed by atoms with Gasteiger partial charge in [-0.15, -0.1) is 0 Å². The molecule has 0 radical (unpaired) electrons. The number of hydrogen-bond donors (Lipinski definition) is 1. The molecule has 0 heterocycles. The molecule has 0 aliphatic rings. The van der Waals surface area contributed by atoms with E-state index in [4.69, 9.17) is 40.5 Å². The SMILES string of the molecule is CC(C)(C)c1c(Cl)c(N)cc(Cl)c1Cl. The molecule has 0 saturated carbocycles. The summed E-state index contributed by atoms with van der Waals surface area (Å²) in [5.74, 6) is 0. The van der Waals surface area contributed by atoms with Gasteiger partial charge in [-0.25, -0.2) is 0 Å². The molecule has 0 bridgehead atoms. The molecule has 0 aromatic heterocycles. The minimum atomic E-state index is -0.173. The molecule has 0 fully saturated rings. The average Bonchev–Trinajstić information content (AvgIpc) is 1.98. The van der Waals surface area contributed by atoms with Gasteiger partial charge in [0.25, 0.3) is 0 Å². The predicted molar refractivity (Wildman–Crippen MR) is 64.6 cm³/mol. The summed E-state index contributed by atoms with van der Waals surface area (Å²) in [7, 11) is 0. The highest BCUT2D eigenvalue weighted by Gasteiger charge is 2.24. The Hall–Kier alpha value is -0.110. The van der Waals surface area contributed by atoms with Gasteiger partial charge in [0, 0.05) is 0 Å². The van der Waals surface area contributed by atoms with E-state index < -0.39 is 0 Å². The molecule has 14 heavy (non-hydrogen) atoms. The topological polar surface area (TPSA) is 26.0 Å². The Morgan fingerprint density at radius 1 is 1.07 bits per heavy atom. The summed E-state index contributed by atoms with van der Waals surface area (Å²) >= 11 is 18.1. The third kappa shape index (κ3) is 2.10. The van der Waals surface area contributed by atoms with Gasteiger partial charge in [-0.05, 0) is 17.0 Å². The van der Waals surface area contributed by atoms with Crippen LogP contribution in [-0.4, -0.2) is 0 Å². The second-order valence-corrected chi connectivity index (χ2v) is 5.36. The van der Waals surface area contributed by atoms with Crippen LogP contribution in [0.3, 0.4) is 0 Å². The van der Waals surface area contributed by atoms with Crippen LogP contribution in [0.1, 0.15) is 26.3 Å². The first-order valence-corrected chi connectivity index (χ1v) is 5.32. The van der Waals surface area contributed by atoms with Crippen LogP contribution in [0, 0.1) is 0 Å². The molecule has 1 aromatic carbocycles. The summed E-state index contributed by atoms with van der Waals surface area (Å²) in [5.41, 5.74) is 6.80. The van der Waals surface area contributed by atoms with E-state index in [9.17, 15) is 0 Å². The molecular weight excluding hydrogens is 240 g/mol. The van der Waals surface area contributed by atoms with E-state index in [1.54, 1.807) is 6.07 Å². The van der Waals surface area contributed by atoms with Crippen LogP contribution in [0.5, 0.6) is 0 Å². The lowest BCUT2D eigenvalue weighted by Crippen LogP contribution is -2.13. The third-order valence-corrected chi connectivity index (χ3v) is 3.13. The lowest BCUT2D eigenvalue weighted by Gasteiger charge is -2.23. The van der Waals surface area contributed by atoms with Crippen molar-refractivity contribution in [2.45, 2.75) is 26.2 Å². The highest BCUT2D eigenvalue weighted by atomic mass is 35.5. The molecule has 1 rings (SSSR count). The highest BCUT2D eigenvalue weighted by Crippen LogP contribution is 2.42. The Morgan fingerprint density at radius 3 is 2.00 bits per heavy atom. The Bertz CT molecular complexity index is 340. The van der Waals surface area contributed by atoms with Crippen LogP contribution >= 0.6 is 34.8 Å². The molecular formula is C10H12Cl3N. The zero-order valence-electron chi connectivity index (χ0n) is 8.29. The number of nitrogens with two attached hydrogens (primary N) is 1. The van der Waals surface area contributed by atoms with E-state index in [2.05, 4.69) is 0 Å². The van der Waals surface area contributed by atoms with Gasteiger partial charge in [-0.2, -0.15) is 0 Å². The summed E-state index contributed by atoms with van der Waals surface area (Å²) < 4.78 is 0. The first-order valence-electron chi connectivity index (χ1n) is 4.18. The monoisotopic (exact) mass is 251 g/mol. The number of hydrogen-bond acceptors (Lipinski definition) is 1. The number of rotatable bonds is 0. The Labute approximate surface area is 99.1 Å². The number of anilines is 1. The minimum absolute atomic E-state index is 0.173. The van der Waals surface area contributed by atoms with Crippen LogP contribution in [0.15, 0.2) is 6.07 Å². The van der Waals surface area contributed by atoms with Gasteiger partial charge in [0.2, 0.25) is 0 Å². The van der Waals surface area contributed by atoms with E-state index in [1.165, 1.54) is 0 Å². The minimum Gasteiger partial charge on any atom is -0.397 e. The fourth-order valence-electron chi connectivity index (χ4n) is 1.28. The number of benzene rings is 1. The van der Waals surface area contributed by atoms with E-state index in [1.807, 2.05) is 20.8 Å². The normalized spacial score (nSPS) is 11.9. The quantitative estimate of drug-likeness (QED) is 0.533. The van der Waals surface area contributed by atoms with E-state index in [-0.39, 0.29) is 5.41 Å². The molecule has 0 spiro atoms. The Kier molecular flexibility index (Phi) is 3.25. The lowest BCUT2D eigenvalue weighted by atomic mass is 9.86. The van der Waals surface area contributed by atoms with Gasteiger partial charge in [0.05, 0.1) is 20.8 Å². The van der Waals surface area contributed by atoms with Crippen molar-refractivity contribution in [3.8, 4) is 0 Å². The van der Waals surface area contributed by atoms with E-state index >= 15 is 0 Å². The van der Waals surface area contributed by atoms with Crippen molar-refractivity contribution in [1.82, 2.24) is 0 Å². The fraction of sp³-hybridized carbons (Fsp3) is 0.400. The standard InChI is InChI=1S/C10H12Cl3N/c1-10(2,3)7-8(12)5(11)4-6(14)9(7)13/h4H,14H2,1-3H3. The van der Waals surface area contributed by atoms with Gasteiger partial charge in [-0.1, -0.05) is 55.6 Å². The fourth-order valence-corrected chi connectivity index (χ4v) is 2.41. The van der Waals surface area contributed by atoms with Gasteiger partial charge < -0.3 is 5.73 Å². The second-order valence-electron chi connectivity index (χ2n) is 4.20. The van der Waals surface area contributed by atoms with Gasteiger partial charge in [0.1, 0.15) is 0 Å². The third-order valence-electron chi connectivity index (χ3n) is 1.93. The van der Waals surface area contributed by atoms with Crippen LogP contribution in [-0.2, 0) is 5.41 Å². The van der Waals surface area contributed by atoms with Crippen LogP contribution in [0.25, 0.3) is 0 Å². The zero-order chi connectivity index (χ0) is 11.1. The zero-order valence-corrected chi connectivity index (χ0v) is 10.6. The summed E-state index contributed by atoms with van der Waals surface area (Å²) in [6, 6.07) is 1.57. The molecule has 0 aliphatic carbocycles. The van der Waals surface area contributed by atoms with Crippen molar-refractivity contribution in [3.63, 3.8) is 0 Å². The maximum atomic E-state index is 6.09. The summed E-state index contributed by atoms with van der Waals surface area (Å²) in [6.45, 7) is 6.03. The molecule has 0 saturated heterocycles. The van der Waals surface area contributed by atoms with E-state index in [0.717, 1.165) is 5.56 Å². The maximum Gasteiger partial charge on any atom is 0.0688 e. The summed E-state index contributed by atoms with van der Waals surface area (Å²) in [4.78, 5) is 0. The second kappa shape index (κ2) is 3.80. The Balaban J connectivity index is 3.56. The first kappa shape index (κ1) is 12.0. The molecule has 1 aromatic rings. The average molecular weight is 253 g/mol. The number of halogens is 3. The van der Waals surface area contributed by atoms with Crippen molar-refractivity contribution < 1.29 is 0 Å². The van der Waals surface area contributed by atoms with Crippen molar-refractivity contribution in [1.29, 1.82) is 0 Å². The van der Waals surface area contributed by atoms with Gasteiger partial charge >= 0.3 is 0 Å². The molecule has 0 unspecified atom stereocenters. The maximum absolute atomic E-state index is 6.09. The molecule has 0 aliphatic heterocycles. The Morgan fingerprint density at radius 2 is 1.57 bits per heavy atom. The van der Waals surface area contributed by atoms with Crippen LogP contribution < -0.4 is 5.73 Å². The summed E-state index contributed by atoms with van der Waals surface area (Å²) in [5, 5.41) is 1.42. The van der Waals surface area contributed by atoms with Crippen LogP contribution in [0.4, 0.5) is 5.69 Å². The van der Waals surface area contributed by atoms with Gasteiger partial charge in [0.15, 0.2) is 0 Å². The van der Waals surface area contributed by atoms with Crippen molar-refractivity contribution in [2.24, 2.45) is 0 Å². The molecule has 0 amide bonds. The lowest BCUT2D eigenvalue weighted by molar-refractivity contribution is 0.591. The predicted octanol–water partition coefficient (Wildman–Crippen LogP) is 4.53. The highest BCUT2D eigenvalue weighted by molar-refractivity contribution is 6.45. The molecule has 2 N–H and O–H groups in total. The van der Waals surface area contributed by atoms with Crippen molar-refractivity contribution in [2.75, 3.05) is 5.73 Å². The number of nitrogen functional groups attached to an aromatic ring is 1. The largest absolute Gasteiger partial charge is 0.397 e. The molecule has 0 atom stereocenters. The van der Waals surface area contributed by atoms with Crippen molar-refractivity contribution in [3.05, 3.63) is 26.7 Å². The molecule has 1 nitrogen and oxygen atoms in total.